The Balaban J connectivity index is 1.47. The number of nitrogens with zero attached hydrogens (tertiary/aromatic N) is 1. The number of anilines is 2. The molecule has 1 aliphatic carbocycles. The van der Waals surface area contributed by atoms with Gasteiger partial charge in [-0.25, -0.2) is 0 Å². The number of hydrogen-bond acceptors (Lipinski definition) is 5. The van der Waals surface area contributed by atoms with Crippen molar-refractivity contribution < 1.29 is 19.2 Å². The van der Waals surface area contributed by atoms with Crippen molar-refractivity contribution in [3.05, 3.63) is 70.4 Å². The molecule has 2 aromatic rings. The summed E-state index contributed by atoms with van der Waals surface area (Å²) in [6, 6.07) is 13.1. The average Bonchev–Trinajstić information content (AvgIpc) is 3.03. The first kappa shape index (κ1) is 22.7. The van der Waals surface area contributed by atoms with Crippen LogP contribution >= 0.6 is 11.6 Å². The fourth-order valence-electron chi connectivity index (χ4n) is 4.17. The highest BCUT2D eigenvalue weighted by Crippen LogP contribution is 2.32. The van der Waals surface area contributed by atoms with Gasteiger partial charge in [0.2, 0.25) is 0 Å². The zero-order valence-corrected chi connectivity index (χ0v) is 18.9. The number of hydrogen-bond donors (Lipinski definition) is 2. The van der Waals surface area contributed by atoms with Crippen molar-refractivity contribution in [2.24, 2.45) is 0 Å². The first-order valence-corrected chi connectivity index (χ1v) is 11.3. The first-order chi connectivity index (χ1) is 15.8. The number of halogens is 1. The van der Waals surface area contributed by atoms with Crippen molar-refractivity contribution in [3.63, 3.8) is 0 Å². The highest BCUT2D eigenvalue weighted by atomic mass is 35.5. The Morgan fingerprint density at radius 2 is 1.61 bits per heavy atom. The third-order valence-corrected chi connectivity index (χ3v) is 6.29. The molecule has 0 spiro atoms. The summed E-state index contributed by atoms with van der Waals surface area (Å²) in [5, 5.41) is 5.58. The van der Waals surface area contributed by atoms with Gasteiger partial charge in [-0.1, -0.05) is 36.9 Å². The predicted octanol–water partition coefficient (Wildman–Crippen LogP) is 4.71. The van der Waals surface area contributed by atoms with Gasteiger partial charge >= 0.3 is 0 Å². The molecule has 1 saturated carbocycles. The highest BCUT2D eigenvalue weighted by Gasteiger charge is 2.42. The maximum Gasteiger partial charge on any atom is 0.279 e. The smallest absolute Gasteiger partial charge is 0.279 e. The average molecular weight is 466 g/mol. The Morgan fingerprint density at radius 1 is 0.909 bits per heavy atom. The number of benzene rings is 2. The number of amides is 3. The number of imide groups is 1. The van der Waals surface area contributed by atoms with Crippen LogP contribution in [0.15, 0.2) is 59.3 Å². The molecule has 3 amide bonds. The Bertz CT molecular complexity index is 1150. The molecule has 8 heteroatoms. The van der Waals surface area contributed by atoms with Gasteiger partial charge in [-0.05, 0) is 62.2 Å². The van der Waals surface area contributed by atoms with Crippen LogP contribution in [0.3, 0.4) is 0 Å². The zero-order chi connectivity index (χ0) is 23.5. The largest absolute Gasteiger partial charge is 0.350 e. The second kappa shape index (κ2) is 9.58. The van der Waals surface area contributed by atoms with Gasteiger partial charge in [-0.15, -0.1) is 0 Å². The molecule has 0 unspecified atom stereocenters. The lowest BCUT2D eigenvalue weighted by Crippen LogP contribution is -2.42. The molecule has 0 atom stereocenters. The lowest BCUT2D eigenvalue weighted by atomic mass is 9.94. The van der Waals surface area contributed by atoms with Crippen molar-refractivity contribution in [1.82, 2.24) is 4.90 Å². The maximum atomic E-state index is 13.0. The molecule has 4 rings (SSSR count). The lowest BCUT2D eigenvalue weighted by molar-refractivity contribution is -0.140. The van der Waals surface area contributed by atoms with Crippen LogP contribution in [0.5, 0.6) is 0 Å². The number of carbonyl (C=O) groups is 4. The van der Waals surface area contributed by atoms with E-state index in [2.05, 4.69) is 10.6 Å². The summed E-state index contributed by atoms with van der Waals surface area (Å²) in [6.07, 6.45) is 4.65. The van der Waals surface area contributed by atoms with Crippen LogP contribution in [0.25, 0.3) is 0 Å². The number of Topliss-reactive ketones (excluding diaryl/α,β-unsaturated/α-hetero) is 1. The minimum Gasteiger partial charge on any atom is -0.350 e. The van der Waals surface area contributed by atoms with E-state index in [1.165, 1.54) is 11.8 Å². The van der Waals surface area contributed by atoms with Crippen LogP contribution in [0.1, 0.15) is 59.7 Å². The van der Waals surface area contributed by atoms with Gasteiger partial charge in [-0.2, -0.15) is 0 Å². The van der Waals surface area contributed by atoms with Crippen LogP contribution < -0.4 is 10.6 Å². The summed E-state index contributed by atoms with van der Waals surface area (Å²) in [6.45, 7) is 1.48. The van der Waals surface area contributed by atoms with E-state index in [4.69, 9.17) is 11.6 Å². The van der Waals surface area contributed by atoms with E-state index in [-0.39, 0.29) is 28.5 Å². The molecule has 0 saturated heterocycles. The summed E-state index contributed by atoms with van der Waals surface area (Å²) in [4.78, 5) is 51.0. The third-order valence-electron chi connectivity index (χ3n) is 5.94. The quantitative estimate of drug-likeness (QED) is 0.476. The van der Waals surface area contributed by atoms with E-state index in [1.807, 2.05) is 0 Å². The summed E-state index contributed by atoms with van der Waals surface area (Å²) < 4.78 is 0. The molecule has 1 fully saturated rings. The van der Waals surface area contributed by atoms with Gasteiger partial charge in [0.05, 0.1) is 0 Å². The Labute approximate surface area is 196 Å². The monoisotopic (exact) mass is 465 g/mol. The van der Waals surface area contributed by atoms with Gasteiger partial charge < -0.3 is 10.6 Å². The molecule has 0 bridgehead atoms. The fraction of sp³-hybridized carbons (Fsp3) is 0.280. The van der Waals surface area contributed by atoms with E-state index >= 15 is 0 Å². The molecule has 1 aliphatic heterocycles. The molecule has 2 aliphatic rings. The van der Waals surface area contributed by atoms with Crippen LogP contribution in [0, 0.1) is 0 Å². The summed E-state index contributed by atoms with van der Waals surface area (Å²) in [7, 11) is 0. The second-order valence-electron chi connectivity index (χ2n) is 8.25. The van der Waals surface area contributed by atoms with E-state index in [9.17, 15) is 19.2 Å². The highest BCUT2D eigenvalue weighted by molar-refractivity contribution is 6.48. The van der Waals surface area contributed by atoms with Crippen molar-refractivity contribution in [2.45, 2.75) is 45.1 Å². The molecule has 0 aromatic heterocycles. The van der Waals surface area contributed by atoms with Crippen LogP contribution in [0.2, 0.25) is 0 Å². The Kier molecular flexibility index (Phi) is 6.60. The predicted molar refractivity (Wildman–Crippen MR) is 126 cm³/mol. The van der Waals surface area contributed by atoms with Gasteiger partial charge in [0, 0.05) is 28.5 Å². The molecule has 0 radical (unpaired) electrons. The summed E-state index contributed by atoms with van der Waals surface area (Å²) in [5.74, 6) is -1.31. The van der Waals surface area contributed by atoms with E-state index < -0.39 is 11.8 Å². The Morgan fingerprint density at radius 3 is 2.27 bits per heavy atom. The minimum absolute atomic E-state index is 0.0321. The van der Waals surface area contributed by atoms with Gasteiger partial charge in [0.1, 0.15) is 10.7 Å². The zero-order valence-electron chi connectivity index (χ0n) is 18.2. The van der Waals surface area contributed by atoms with E-state index in [1.54, 1.807) is 48.5 Å². The number of ketones is 1. The van der Waals surface area contributed by atoms with Crippen LogP contribution in [-0.4, -0.2) is 34.4 Å². The molecule has 1 heterocycles. The van der Waals surface area contributed by atoms with Crippen molar-refractivity contribution >= 4 is 46.5 Å². The molecule has 170 valence electrons. The number of rotatable bonds is 6. The SMILES string of the molecule is CC(=O)c1ccc(NC(=O)c2cccc(NC3=C(Cl)C(=O)N(C4CCCCC4)C3=O)c2)cc1. The number of nitrogens with one attached hydrogen (secondary N) is 2. The van der Waals surface area contributed by atoms with Crippen molar-refractivity contribution in [3.8, 4) is 0 Å². The van der Waals surface area contributed by atoms with E-state index in [0.29, 0.717) is 22.5 Å². The topological polar surface area (TPSA) is 95.6 Å². The van der Waals surface area contributed by atoms with Crippen LogP contribution in [-0.2, 0) is 9.59 Å². The number of carbonyl (C=O) groups excluding carboxylic acids is 4. The first-order valence-electron chi connectivity index (χ1n) is 10.9. The van der Waals surface area contributed by atoms with Crippen molar-refractivity contribution in [2.75, 3.05) is 10.6 Å². The lowest BCUT2D eigenvalue weighted by Gasteiger charge is -2.29. The molecular weight excluding hydrogens is 442 g/mol. The molecule has 7 nitrogen and oxygen atoms in total. The molecular formula is C25H24ClN3O4. The normalized spacial score (nSPS) is 16.8. The van der Waals surface area contributed by atoms with Gasteiger partial charge in [0.25, 0.3) is 17.7 Å². The van der Waals surface area contributed by atoms with E-state index in [0.717, 1.165) is 32.1 Å². The maximum absolute atomic E-state index is 13.0. The molecule has 2 N–H and O–H groups in total. The molecule has 33 heavy (non-hydrogen) atoms. The third kappa shape index (κ3) is 4.83. The second-order valence-corrected chi connectivity index (χ2v) is 8.63. The van der Waals surface area contributed by atoms with Gasteiger partial charge in [0.15, 0.2) is 5.78 Å². The fourth-order valence-corrected chi connectivity index (χ4v) is 4.39. The minimum atomic E-state index is -0.473. The Hall–Kier alpha value is -3.45. The molecule has 2 aromatic carbocycles. The summed E-state index contributed by atoms with van der Waals surface area (Å²) in [5.41, 5.74) is 1.96. The van der Waals surface area contributed by atoms with Crippen molar-refractivity contribution in [1.29, 1.82) is 0 Å². The van der Waals surface area contributed by atoms with Gasteiger partial charge in [-0.3, -0.25) is 24.1 Å². The van der Waals surface area contributed by atoms with Crippen LogP contribution in [0.4, 0.5) is 11.4 Å². The standard InChI is InChI=1S/C25H24ClN3O4/c1-15(30)16-10-12-18(13-11-16)28-23(31)17-6-5-7-19(14-17)27-22-21(26)24(32)29(25(22)33)20-8-3-2-4-9-20/h5-7,10-14,20,27H,2-4,8-9H2,1H3,(H,28,31). The summed E-state index contributed by atoms with van der Waals surface area (Å²) >= 11 is 6.23.